The van der Waals surface area contributed by atoms with Crippen molar-refractivity contribution in [2.24, 2.45) is 0 Å². The minimum Gasteiger partial charge on any atom is -0.478 e. The Labute approximate surface area is 92.5 Å². The van der Waals surface area contributed by atoms with Crippen molar-refractivity contribution >= 4 is 11.9 Å². The fourth-order valence-corrected chi connectivity index (χ4v) is 2.24. The van der Waals surface area contributed by atoms with E-state index in [-0.39, 0.29) is 11.5 Å². The molecule has 1 fully saturated rings. The van der Waals surface area contributed by atoms with Crippen molar-refractivity contribution in [1.82, 2.24) is 4.90 Å². The van der Waals surface area contributed by atoms with Gasteiger partial charge in [0.05, 0.1) is 11.1 Å². The highest BCUT2D eigenvalue weighted by atomic mass is 16.4. The van der Waals surface area contributed by atoms with Gasteiger partial charge in [0, 0.05) is 12.6 Å². The van der Waals surface area contributed by atoms with E-state index in [9.17, 15) is 9.59 Å². The predicted molar refractivity (Wildman–Crippen MR) is 56.3 cm³/mol. The highest BCUT2D eigenvalue weighted by molar-refractivity contribution is 6.07. The van der Waals surface area contributed by atoms with Crippen molar-refractivity contribution in [3.63, 3.8) is 0 Å². The highest BCUT2D eigenvalue weighted by Gasteiger charge is 2.39. The number of aromatic carboxylic acids is 1. The standard InChI is InChI=1S/C12H11NO3/c14-11-10-7(6-13(11)8-4-5-8)2-1-3-9(10)12(15)16/h1-3,8H,4-6H2,(H,15,16). The van der Waals surface area contributed by atoms with Crippen molar-refractivity contribution in [3.05, 3.63) is 34.9 Å². The molecule has 0 aromatic heterocycles. The minimum absolute atomic E-state index is 0.115. The van der Waals surface area contributed by atoms with Crippen molar-refractivity contribution in [2.75, 3.05) is 0 Å². The molecule has 2 aliphatic rings. The lowest BCUT2D eigenvalue weighted by Crippen LogP contribution is -2.26. The van der Waals surface area contributed by atoms with Crippen LogP contribution in [0.25, 0.3) is 0 Å². The van der Waals surface area contributed by atoms with Crippen molar-refractivity contribution in [3.8, 4) is 0 Å². The molecule has 0 unspecified atom stereocenters. The second kappa shape index (κ2) is 3.07. The van der Waals surface area contributed by atoms with Gasteiger partial charge in [0.15, 0.2) is 0 Å². The Balaban J connectivity index is 2.08. The number of rotatable bonds is 2. The molecular formula is C12H11NO3. The molecule has 82 valence electrons. The molecule has 0 atom stereocenters. The predicted octanol–water partition coefficient (Wildman–Crippen LogP) is 1.50. The summed E-state index contributed by atoms with van der Waals surface area (Å²) in [4.78, 5) is 24.9. The zero-order valence-corrected chi connectivity index (χ0v) is 8.64. The number of nitrogens with zero attached hydrogens (tertiary/aromatic N) is 1. The first-order chi connectivity index (χ1) is 7.68. The smallest absolute Gasteiger partial charge is 0.336 e. The number of hydrogen-bond donors (Lipinski definition) is 1. The van der Waals surface area contributed by atoms with Gasteiger partial charge in [-0.25, -0.2) is 4.79 Å². The van der Waals surface area contributed by atoms with Crippen LogP contribution in [0.15, 0.2) is 18.2 Å². The Hall–Kier alpha value is -1.84. The lowest BCUT2D eigenvalue weighted by Gasteiger charge is -2.13. The Morgan fingerprint density at radius 3 is 2.75 bits per heavy atom. The topological polar surface area (TPSA) is 57.6 Å². The van der Waals surface area contributed by atoms with Gasteiger partial charge in [0.1, 0.15) is 0 Å². The zero-order valence-electron chi connectivity index (χ0n) is 8.64. The van der Waals surface area contributed by atoms with Gasteiger partial charge in [-0.3, -0.25) is 4.79 Å². The molecule has 1 saturated carbocycles. The molecule has 1 aromatic carbocycles. The summed E-state index contributed by atoms with van der Waals surface area (Å²) < 4.78 is 0. The number of carbonyl (C=O) groups is 2. The first-order valence-corrected chi connectivity index (χ1v) is 5.34. The normalized spacial score (nSPS) is 18.8. The van der Waals surface area contributed by atoms with Gasteiger partial charge in [-0.1, -0.05) is 12.1 Å². The molecule has 0 radical (unpaired) electrons. The van der Waals surface area contributed by atoms with E-state index in [0.717, 1.165) is 18.4 Å². The molecule has 1 heterocycles. The van der Waals surface area contributed by atoms with E-state index in [0.29, 0.717) is 18.2 Å². The van der Waals surface area contributed by atoms with Crippen LogP contribution in [0.1, 0.15) is 39.1 Å². The summed E-state index contributed by atoms with van der Waals surface area (Å²) >= 11 is 0. The molecule has 1 aromatic rings. The van der Waals surface area contributed by atoms with Crippen LogP contribution in [0, 0.1) is 0 Å². The maximum absolute atomic E-state index is 12.1. The summed E-state index contributed by atoms with van der Waals surface area (Å²) in [6.45, 7) is 0.569. The van der Waals surface area contributed by atoms with Gasteiger partial charge in [-0.15, -0.1) is 0 Å². The molecule has 1 N–H and O–H groups in total. The Morgan fingerprint density at radius 2 is 2.12 bits per heavy atom. The number of carboxylic acid groups (broad SMARTS) is 1. The van der Waals surface area contributed by atoms with E-state index in [1.54, 1.807) is 11.0 Å². The Kier molecular flexibility index (Phi) is 1.80. The van der Waals surface area contributed by atoms with Gasteiger partial charge < -0.3 is 10.0 Å². The fourth-order valence-electron chi connectivity index (χ4n) is 2.24. The Morgan fingerprint density at radius 1 is 1.38 bits per heavy atom. The van der Waals surface area contributed by atoms with E-state index < -0.39 is 5.97 Å². The van der Waals surface area contributed by atoms with E-state index in [4.69, 9.17) is 5.11 Å². The van der Waals surface area contributed by atoms with Gasteiger partial charge in [0.25, 0.3) is 5.91 Å². The molecule has 1 amide bonds. The third kappa shape index (κ3) is 1.23. The molecule has 0 bridgehead atoms. The summed E-state index contributed by atoms with van der Waals surface area (Å²) in [5.41, 5.74) is 1.37. The van der Waals surface area contributed by atoms with Crippen LogP contribution in [0.3, 0.4) is 0 Å². The first kappa shape index (κ1) is 9.39. The molecular weight excluding hydrogens is 206 g/mol. The average molecular weight is 217 g/mol. The summed E-state index contributed by atoms with van der Waals surface area (Å²) in [6, 6.07) is 5.37. The van der Waals surface area contributed by atoms with E-state index in [2.05, 4.69) is 0 Å². The van der Waals surface area contributed by atoms with Crippen LogP contribution in [-0.2, 0) is 6.54 Å². The average Bonchev–Trinajstić information content (AvgIpc) is 3.04. The van der Waals surface area contributed by atoms with Crippen LogP contribution in [0.4, 0.5) is 0 Å². The number of hydrogen-bond acceptors (Lipinski definition) is 2. The maximum atomic E-state index is 12.1. The number of amides is 1. The van der Waals surface area contributed by atoms with E-state index in [1.165, 1.54) is 6.07 Å². The Bertz CT molecular complexity index is 491. The van der Waals surface area contributed by atoms with Gasteiger partial charge in [-0.05, 0) is 24.5 Å². The SMILES string of the molecule is O=C(O)c1cccc2c1C(=O)N(C1CC1)C2. The fraction of sp³-hybridized carbons (Fsp3) is 0.333. The number of carbonyl (C=O) groups excluding carboxylic acids is 1. The highest BCUT2D eigenvalue weighted by Crippen LogP contribution is 2.35. The summed E-state index contributed by atoms with van der Waals surface area (Å²) in [5.74, 6) is -1.14. The molecule has 3 rings (SSSR count). The minimum atomic E-state index is -1.03. The van der Waals surface area contributed by atoms with Crippen molar-refractivity contribution in [2.45, 2.75) is 25.4 Å². The molecule has 1 aliphatic carbocycles. The van der Waals surface area contributed by atoms with Gasteiger partial charge in [0.2, 0.25) is 0 Å². The zero-order chi connectivity index (χ0) is 11.3. The lowest BCUT2D eigenvalue weighted by atomic mass is 10.0. The van der Waals surface area contributed by atoms with Crippen LogP contribution in [0.2, 0.25) is 0 Å². The molecule has 0 spiro atoms. The lowest BCUT2D eigenvalue weighted by molar-refractivity contribution is 0.0680. The van der Waals surface area contributed by atoms with Crippen LogP contribution >= 0.6 is 0 Å². The van der Waals surface area contributed by atoms with Crippen molar-refractivity contribution < 1.29 is 14.7 Å². The number of benzene rings is 1. The summed E-state index contributed by atoms with van der Waals surface area (Å²) in [5, 5.41) is 9.04. The third-order valence-electron chi connectivity index (χ3n) is 3.18. The van der Waals surface area contributed by atoms with Crippen LogP contribution in [-0.4, -0.2) is 27.9 Å². The van der Waals surface area contributed by atoms with E-state index in [1.807, 2.05) is 6.07 Å². The van der Waals surface area contributed by atoms with Gasteiger partial charge >= 0.3 is 5.97 Å². The summed E-state index contributed by atoms with van der Waals surface area (Å²) in [7, 11) is 0. The van der Waals surface area contributed by atoms with Crippen LogP contribution < -0.4 is 0 Å². The number of carboxylic acids is 1. The van der Waals surface area contributed by atoms with E-state index >= 15 is 0 Å². The molecule has 1 aliphatic heterocycles. The summed E-state index contributed by atoms with van der Waals surface area (Å²) in [6.07, 6.45) is 2.09. The largest absolute Gasteiger partial charge is 0.478 e. The van der Waals surface area contributed by atoms with Crippen molar-refractivity contribution in [1.29, 1.82) is 0 Å². The molecule has 16 heavy (non-hydrogen) atoms. The number of fused-ring (bicyclic) bond motifs is 1. The molecule has 4 nitrogen and oxygen atoms in total. The first-order valence-electron chi connectivity index (χ1n) is 5.34. The molecule has 4 heteroatoms. The second-order valence-electron chi connectivity index (χ2n) is 4.31. The second-order valence-corrected chi connectivity index (χ2v) is 4.31. The monoisotopic (exact) mass is 217 g/mol. The quantitative estimate of drug-likeness (QED) is 0.816. The van der Waals surface area contributed by atoms with Crippen LogP contribution in [0.5, 0.6) is 0 Å². The maximum Gasteiger partial charge on any atom is 0.336 e. The third-order valence-corrected chi connectivity index (χ3v) is 3.18. The van der Waals surface area contributed by atoms with Gasteiger partial charge in [-0.2, -0.15) is 0 Å². The molecule has 0 saturated heterocycles.